The Morgan fingerprint density at radius 3 is 3.00 bits per heavy atom. The summed E-state index contributed by atoms with van der Waals surface area (Å²) in [7, 11) is 1.70. The van der Waals surface area contributed by atoms with Gasteiger partial charge in [0.15, 0.2) is 0 Å². The van der Waals surface area contributed by atoms with E-state index in [1.807, 2.05) is 18.2 Å². The Labute approximate surface area is 120 Å². The van der Waals surface area contributed by atoms with Gasteiger partial charge < -0.3 is 14.8 Å². The number of nitrogens with one attached hydrogen (secondary N) is 1. The topological polar surface area (TPSA) is 47.6 Å². The third kappa shape index (κ3) is 4.23. The summed E-state index contributed by atoms with van der Waals surface area (Å²) >= 11 is 0. The van der Waals surface area contributed by atoms with Gasteiger partial charge in [0.25, 0.3) is 0 Å². The number of hydrogen-bond donors (Lipinski definition) is 1. The molecule has 0 aliphatic carbocycles. The zero-order valence-electron chi connectivity index (χ0n) is 12.1. The molecule has 1 aromatic rings. The molecule has 2 rings (SSSR count). The van der Waals surface area contributed by atoms with Crippen LogP contribution in [-0.4, -0.2) is 32.3 Å². The largest absolute Gasteiger partial charge is 0.496 e. The molecule has 4 heteroatoms. The smallest absolute Gasteiger partial charge is 0.249 e. The highest BCUT2D eigenvalue weighted by molar-refractivity contribution is 5.80. The first-order chi connectivity index (χ1) is 9.81. The van der Waals surface area contributed by atoms with Gasteiger partial charge in [-0.25, -0.2) is 0 Å². The molecule has 0 saturated carbocycles. The highest BCUT2D eigenvalue weighted by atomic mass is 16.5. The van der Waals surface area contributed by atoms with Gasteiger partial charge in [-0.2, -0.15) is 0 Å². The van der Waals surface area contributed by atoms with Gasteiger partial charge >= 0.3 is 0 Å². The number of hydrogen-bond acceptors (Lipinski definition) is 3. The zero-order chi connectivity index (χ0) is 14.2. The molecule has 4 nitrogen and oxygen atoms in total. The van der Waals surface area contributed by atoms with Crippen LogP contribution in [0.25, 0.3) is 0 Å². The average Bonchev–Trinajstić information content (AvgIpc) is 3.01. The maximum absolute atomic E-state index is 11.7. The van der Waals surface area contributed by atoms with Crippen molar-refractivity contribution in [3.8, 4) is 5.75 Å². The molecule has 1 atom stereocenters. The Bertz CT molecular complexity index is 427. The predicted molar refractivity (Wildman–Crippen MR) is 77.9 cm³/mol. The van der Waals surface area contributed by atoms with Crippen LogP contribution >= 0.6 is 0 Å². The maximum atomic E-state index is 11.7. The number of ether oxygens (including phenoxy) is 2. The lowest BCUT2D eigenvalue weighted by Gasteiger charge is -2.11. The van der Waals surface area contributed by atoms with Crippen molar-refractivity contribution in [1.82, 2.24) is 5.32 Å². The van der Waals surface area contributed by atoms with E-state index in [9.17, 15) is 4.79 Å². The predicted octanol–water partition coefficient (Wildman–Crippen LogP) is 2.31. The second kappa shape index (κ2) is 7.90. The number of para-hydroxylation sites is 1. The highest BCUT2D eigenvalue weighted by Gasteiger charge is 2.22. The molecule has 1 heterocycles. The molecule has 0 radical (unpaired) electrons. The first-order valence-electron chi connectivity index (χ1n) is 7.32. The van der Waals surface area contributed by atoms with E-state index in [0.717, 1.165) is 37.9 Å². The second-order valence-corrected chi connectivity index (χ2v) is 5.06. The minimum atomic E-state index is -0.218. The summed E-state index contributed by atoms with van der Waals surface area (Å²) in [5.74, 6) is 0.982. The summed E-state index contributed by atoms with van der Waals surface area (Å²) in [5.41, 5.74) is 1.22. The van der Waals surface area contributed by atoms with Crippen LogP contribution in [0.15, 0.2) is 24.3 Å². The van der Waals surface area contributed by atoms with E-state index in [0.29, 0.717) is 13.2 Å². The molecule has 1 unspecified atom stereocenters. The molecular weight excluding hydrogens is 254 g/mol. The Balaban J connectivity index is 1.62. The SMILES string of the molecule is COc1ccccc1CCCCNC(=O)C1CCCO1. The second-order valence-electron chi connectivity index (χ2n) is 5.06. The summed E-state index contributed by atoms with van der Waals surface area (Å²) in [6.07, 6.45) is 4.60. The van der Waals surface area contributed by atoms with E-state index in [4.69, 9.17) is 9.47 Å². The fourth-order valence-corrected chi connectivity index (χ4v) is 2.46. The summed E-state index contributed by atoms with van der Waals surface area (Å²) in [6, 6.07) is 8.07. The molecule has 1 aliphatic rings. The van der Waals surface area contributed by atoms with Crippen LogP contribution in [0.1, 0.15) is 31.2 Å². The number of aryl methyl sites for hydroxylation is 1. The van der Waals surface area contributed by atoms with Crippen molar-refractivity contribution in [3.63, 3.8) is 0 Å². The van der Waals surface area contributed by atoms with Crippen LogP contribution < -0.4 is 10.1 Å². The molecule has 0 aromatic heterocycles. The molecule has 1 amide bonds. The number of carbonyl (C=O) groups is 1. The Morgan fingerprint density at radius 1 is 1.40 bits per heavy atom. The Hall–Kier alpha value is -1.55. The van der Waals surface area contributed by atoms with Crippen molar-refractivity contribution in [3.05, 3.63) is 29.8 Å². The third-order valence-corrected chi connectivity index (χ3v) is 3.59. The van der Waals surface area contributed by atoms with Crippen molar-refractivity contribution in [2.75, 3.05) is 20.3 Å². The standard InChI is InChI=1S/C16H23NO3/c1-19-14-9-3-2-7-13(14)8-4-5-11-17-16(18)15-10-6-12-20-15/h2-3,7,9,15H,4-6,8,10-12H2,1H3,(H,17,18). The van der Waals surface area contributed by atoms with Crippen LogP contribution in [-0.2, 0) is 16.0 Å². The van der Waals surface area contributed by atoms with Gasteiger partial charge in [0.05, 0.1) is 7.11 Å². The number of unbranched alkanes of at least 4 members (excludes halogenated alkanes) is 1. The monoisotopic (exact) mass is 277 g/mol. The lowest BCUT2D eigenvalue weighted by Crippen LogP contribution is -2.34. The molecule has 0 bridgehead atoms. The first kappa shape index (κ1) is 14.9. The van der Waals surface area contributed by atoms with Crippen molar-refractivity contribution >= 4 is 5.91 Å². The fraction of sp³-hybridized carbons (Fsp3) is 0.562. The minimum absolute atomic E-state index is 0.0415. The quantitative estimate of drug-likeness (QED) is 0.778. The van der Waals surface area contributed by atoms with Gasteiger partial charge in [-0.1, -0.05) is 18.2 Å². The first-order valence-corrected chi connectivity index (χ1v) is 7.32. The van der Waals surface area contributed by atoms with E-state index >= 15 is 0 Å². The van der Waals surface area contributed by atoms with Gasteiger partial charge in [0.1, 0.15) is 11.9 Å². The molecule has 1 aromatic carbocycles. The summed E-state index contributed by atoms with van der Waals surface area (Å²) in [5, 5.41) is 2.94. The number of carbonyl (C=O) groups excluding carboxylic acids is 1. The molecule has 1 aliphatic heterocycles. The number of benzene rings is 1. The molecular formula is C16H23NO3. The highest BCUT2D eigenvalue weighted by Crippen LogP contribution is 2.19. The van der Waals surface area contributed by atoms with Crippen LogP contribution in [0.4, 0.5) is 0 Å². The minimum Gasteiger partial charge on any atom is -0.496 e. The van der Waals surface area contributed by atoms with Crippen molar-refractivity contribution in [2.24, 2.45) is 0 Å². The summed E-state index contributed by atoms with van der Waals surface area (Å²) in [6.45, 7) is 1.43. The Morgan fingerprint density at radius 2 is 2.25 bits per heavy atom. The zero-order valence-corrected chi connectivity index (χ0v) is 12.1. The van der Waals surface area contributed by atoms with E-state index < -0.39 is 0 Å². The van der Waals surface area contributed by atoms with Gasteiger partial charge in [-0.15, -0.1) is 0 Å². The van der Waals surface area contributed by atoms with Crippen LogP contribution in [0.5, 0.6) is 5.75 Å². The summed E-state index contributed by atoms with van der Waals surface area (Å²) in [4.78, 5) is 11.7. The van der Waals surface area contributed by atoms with Gasteiger partial charge in [-0.05, 0) is 43.7 Å². The van der Waals surface area contributed by atoms with E-state index in [-0.39, 0.29) is 12.0 Å². The van der Waals surface area contributed by atoms with E-state index in [2.05, 4.69) is 11.4 Å². The van der Waals surface area contributed by atoms with Crippen molar-refractivity contribution < 1.29 is 14.3 Å². The van der Waals surface area contributed by atoms with E-state index in [1.165, 1.54) is 5.56 Å². The normalized spacial score (nSPS) is 17.9. The number of methoxy groups -OCH3 is 1. The summed E-state index contributed by atoms with van der Waals surface area (Å²) < 4.78 is 10.7. The van der Waals surface area contributed by atoms with Crippen LogP contribution in [0.2, 0.25) is 0 Å². The lowest BCUT2D eigenvalue weighted by molar-refractivity contribution is -0.130. The fourth-order valence-electron chi connectivity index (χ4n) is 2.46. The van der Waals surface area contributed by atoms with Crippen molar-refractivity contribution in [2.45, 2.75) is 38.2 Å². The van der Waals surface area contributed by atoms with Crippen LogP contribution in [0, 0.1) is 0 Å². The van der Waals surface area contributed by atoms with Gasteiger partial charge in [-0.3, -0.25) is 4.79 Å². The molecule has 1 N–H and O–H groups in total. The van der Waals surface area contributed by atoms with Crippen molar-refractivity contribution in [1.29, 1.82) is 0 Å². The average molecular weight is 277 g/mol. The molecule has 20 heavy (non-hydrogen) atoms. The molecule has 110 valence electrons. The Kier molecular flexibility index (Phi) is 5.87. The number of amides is 1. The molecule has 0 spiro atoms. The van der Waals surface area contributed by atoms with Crippen LogP contribution in [0.3, 0.4) is 0 Å². The third-order valence-electron chi connectivity index (χ3n) is 3.59. The maximum Gasteiger partial charge on any atom is 0.249 e. The van der Waals surface area contributed by atoms with E-state index in [1.54, 1.807) is 7.11 Å². The molecule has 1 fully saturated rings. The number of rotatable bonds is 7. The van der Waals surface area contributed by atoms with Gasteiger partial charge in [0.2, 0.25) is 5.91 Å². The lowest BCUT2D eigenvalue weighted by atomic mass is 10.1. The van der Waals surface area contributed by atoms with Gasteiger partial charge in [0, 0.05) is 13.2 Å². The molecule has 1 saturated heterocycles.